The molecular weight excluding hydrogens is 290 g/mol. The summed E-state index contributed by atoms with van der Waals surface area (Å²) < 4.78 is 5.05. The number of anilines is 1. The Morgan fingerprint density at radius 3 is 2.86 bits per heavy atom. The van der Waals surface area contributed by atoms with Crippen molar-refractivity contribution in [2.24, 2.45) is 0 Å². The Kier molecular flexibility index (Phi) is 5.54. The zero-order valence-electron chi connectivity index (χ0n) is 11.6. The van der Waals surface area contributed by atoms with Crippen molar-refractivity contribution in [1.82, 2.24) is 10.3 Å². The van der Waals surface area contributed by atoms with Crippen molar-refractivity contribution in [2.75, 3.05) is 19.0 Å². The van der Waals surface area contributed by atoms with Gasteiger partial charge in [-0.15, -0.1) is 0 Å². The van der Waals surface area contributed by atoms with Crippen LogP contribution in [0.1, 0.15) is 5.69 Å². The maximum Gasteiger partial charge on any atom is 0.238 e. The van der Waals surface area contributed by atoms with Crippen molar-refractivity contribution in [3.63, 3.8) is 0 Å². The number of ether oxygens (including phenoxy) is 1. The molecule has 0 saturated heterocycles. The quantitative estimate of drug-likeness (QED) is 0.860. The zero-order chi connectivity index (χ0) is 15.1. The molecule has 0 fully saturated rings. The SMILES string of the molecule is COc1ccc(NC(=O)CNCc2ccccn2)cc1Cl. The van der Waals surface area contributed by atoms with E-state index in [4.69, 9.17) is 16.3 Å². The molecule has 0 aliphatic heterocycles. The second-order valence-corrected chi connectivity index (χ2v) is 4.73. The Morgan fingerprint density at radius 1 is 1.33 bits per heavy atom. The lowest BCUT2D eigenvalue weighted by molar-refractivity contribution is -0.115. The number of hydrogen-bond donors (Lipinski definition) is 2. The third-order valence-electron chi connectivity index (χ3n) is 2.75. The number of nitrogens with one attached hydrogen (secondary N) is 2. The minimum absolute atomic E-state index is 0.146. The zero-order valence-corrected chi connectivity index (χ0v) is 12.4. The van der Waals surface area contributed by atoms with Gasteiger partial charge in [-0.25, -0.2) is 0 Å². The van der Waals surface area contributed by atoms with Crippen molar-refractivity contribution in [3.8, 4) is 5.75 Å². The van der Waals surface area contributed by atoms with Crippen LogP contribution in [0.2, 0.25) is 5.02 Å². The molecular formula is C15H16ClN3O2. The van der Waals surface area contributed by atoms with E-state index in [1.807, 2.05) is 18.2 Å². The number of carbonyl (C=O) groups excluding carboxylic acids is 1. The Labute approximate surface area is 128 Å². The van der Waals surface area contributed by atoms with Crippen LogP contribution in [-0.4, -0.2) is 24.5 Å². The summed E-state index contributed by atoms with van der Waals surface area (Å²) in [5.74, 6) is 0.426. The highest BCUT2D eigenvalue weighted by molar-refractivity contribution is 6.32. The molecule has 0 bridgehead atoms. The van der Waals surface area contributed by atoms with Gasteiger partial charge in [0.05, 0.1) is 24.4 Å². The van der Waals surface area contributed by atoms with Crippen molar-refractivity contribution in [1.29, 1.82) is 0 Å². The first kappa shape index (κ1) is 15.3. The van der Waals surface area contributed by atoms with Gasteiger partial charge in [-0.1, -0.05) is 17.7 Å². The summed E-state index contributed by atoms with van der Waals surface area (Å²) in [7, 11) is 1.54. The van der Waals surface area contributed by atoms with Crippen LogP contribution in [0.25, 0.3) is 0 Å². The summed E-state index contributed by atoms with van der Waals surface area (Å²) >= 11 is 6.00. The van der Waals surface area contributed by atoms with E-state index in [2.05, 4.69) is 15.6 Å². The number of pyridine rings is 1. The van der Waals surface area contributed by atoms with Crippen LogP contribution >= 0.6 is 11.6 Å². The van der Waals surface area contributed by atoms with Gasteiger partial charge >= 0.3 is 0 Å². The highest BCUT2D eigenvalue weighted by Gasteiger charge is 2.05. The van der Waals surface area contributed by atoms with Gasteiger partial charge in [0.1, 0.15) is 5.75 Å². The van der Waals surface area contributed by atoms with Crippen molar-refractivity contribution >= 4 is 23.2 Å². The molecule has 0 spiro atoms. The van der Waals surface area contributed by atoms with E-state index in [-0.39, 0.29) is 12.5 Å². The summed E-state index contributed by atoms with van der Waals surface area (Å²) in [5, 5.41) is 6.24. The summed E-state index contributed by atoms with van der Waals surface area (Å²) in [5.41, 5.74) is 1.52. The number of amides is 1. The molecule has 5 nitrogen and oxygen atoms in total. The smallest absolute Gasteiger partial charge is 0.238 e. The van der Waals surface area contributed by atoms with Crippen LogP contribution in [-0.2, 0) is 11.3 Å². The lowest BCUT2D eigenvalue weighted by Gasteiger charge is -2.08. The fourth-order valence-corrected chi connectivity index (χ4v) is 2.01. The number of halogens is 1. The van der Waals surface area contributed by atoms with E-state index in [9.17, 15) is 4.79 Å². The van der Waals surface area contributed by atoms with Crippen LogP contribution in [0.3, 0.4) is 0 Å². The minimum Gasteiger partial charge on any atom is -0.495 e. The number of hydrogen-bond acceptors (Lipinski definition) is 4. The molecule has 1 aromatic carbocycles. The van der Waals surface area contributed by atoms with Crippen LogP contribution in [0.4, 0.5) is 5.69 Å². The Hall–Kier alpha value is -2.11. The Balaban J connectivity index is 1.80. The molecule has 0 atom stereocenters. The molecule has 2 N–H and O–H groups in total. The van der Waals surface area contributed by atoms with E-state index in [0.29, 0.717) is 23.0 Å². The first-order valence-corrected chi connectivity index (χ1v) is 6.81. The van der Waals surface area contributed by atoms with E-state index >= 15 is 0 Å². The lowest BCUT2D eigenvalue weighted by atomic mass is 10.3. The van der Waals surface area contributed by atoms with E-state index < -0.39 is 0 Å². The van der Waals surface area contributed by atoms with Gasteiger partial charge in [-0.05, 0) is 30.3 Å². The Morgan fingerprint density at radius 2 is 2.19 bits per heavy atom. The average Bonchev–Trinajstić information content (AvgIpc) is 2.48. The molecule has 0 unspecified atom stereocenters. The topological polar surface area (TPSA) is 63.2 Å². The van der Waals surface area contributed by atoms with Gasteiger partial charge in [0.15, 0.2) is 0 Å². The molecule has 6 heteroatoms. The summed E-state index contributed by atoms with van der Waals surface area (Å²) in [6.45, 7) is 0.734. The third kappa shape index (κ3) is 4.73. The number of benzene rings is 1. The largest absolute Gasteiger partial charge is 0.495 e. The van der Waals surface area contributed by atoms with Crippen LogP contribution in [0.5, 0.6) is 5.75 Å². The molecule has 110 valence electrons. The van der Waals surface area contributed by atoms with Gasteiger partial charge in [0.25, 0.3) is 0 Å². The average molecular weight is 306 g/mol. The standard InChI is InChI=1S/C15H16ClN3O2/c1-21-14-6-5-11(8-13(14)16)19-15(20)10-17-9-12-4-2-3-7-18-12/h2-8,17H,9-10H2,1H3,(H,19,20). The van der Waals surface area contributed by atoms with E-state index in [0.717, 1.165) is 5.69 Å². The number of methoxy groups -OCH3 is 1. The van der Waals surface area contributed by atoms with Crippen molar-refractivity contribution in [2.45, 2.75) is 6.54 Å². The first-order chi connectivity index (χ1) is 10.2. The number of nitrogens with zero attached hydrogens (tertiary/aromatic N) is 1. The second kappa shape index (κ2) is 7.61. The van der Waals surface area contributed by atoms with Crippen molar-refractivity contribution < 1.29 is 9.53 Å². The lowest BCUT2D eigenvalue weighted by Crippen LogP contribution is -2.27. The molecule has 0 radical (unpaired) electrons. The van der Waals surface area contributed by atoms with Crippen LogP contribution in [0.15, 0.2) is 42.6 Å². The summed E-state index contributed by atoms with van der Waals surface area (Å²) in [6, 6.07) is 10.7. The van der Waals surface area contributed by atoms with Gasteiger partial charge in [0, 0.05) is 18.4 Å². The van der Waals surface area contributed by atoms with Crippen LogP contribution in [0, 0.1) is 0 Å². The molecule has 0 saturated carbocycles. The minimum atomic E-state index is -0.146. The third-order valence-corrected chi connectivity index (χ3v) is 3.05. The molecule has 2 rings (SSSR count). The van der Waals surface area contributed by atoms with Gasteiger partial charge < -0.3 is 15.4 Å². The van der Waals surface area contributed by atoms with Gasteiger partial charge in [0.2, 0.25) is 5.91 Å². The molecule has 2 aromatic rings. The Bertz CT molecular complexity index is 605. The van der Waals surface area contributed by atoms with E-state index in [1.165, 1.54) is 0 Å². The maximum atomic E-state index is 11.8. The second-order valence-electron chi connectivity index (χ2n) is 4.32. The predicted molar refractivity (Wildman–Crippen MR) is 82.6 cm³/mol. The van der Waals surface area contributed by atoms with Crippen molar-refractivity contribution in [3.05, 3.63) is 53.3 Å². The summed E-state index contributed by atoms with van der Waals surface area (Å²) in [4.78, 5) is 16.0. The van der Waals surface area contributed by atoms with E-state index in [1.54, 1.807) is 31.5 Å². The molecule has 0 aliphatic rings. The monoisotopic (exact) mass is 305 g/mol. The maximum absolute atomic E-state index is 11.8. The normalized spacial score (nSPS) is 10.2. The molecule has 21 heavy (non-hydrogen) atoms. The van der Waals surface area contributed by atoms with Crippen LogP contribution < -0.4 is 15.4 Å². The highest BCUT2D eigenvalue weighted by Crippen LogP contribution is 2.27. The predicted octanol–water partition coefficient (Wildman–Crippen LogP) is 2.47. The number of rotatable bonds is 6. The highest BCUT2D eigenvalue weighted by atomic mass is 35.5. The van der Waals surface area contributed by atoms with Gasteiger partial charge in [-0.3, -0.25) is 9.78 Å². The fourth-order valence-electron chi connectivity index (χ4n) is 1.76. The number of carbonyl (C=O) groups is 1. The molecule has 0 aliphatic carbocycles. The first-order valence-electron chi connectivity index (χ1n) is 6.43. The van der Waals surface area contributed by atoms with Gasteiger partial charge in [-0.2, -0.15) is 0 Å². The molecule has 1 heterocycles. The fraction of sp³-hybridized carbons (Fsp3) is 0.200. The molecule has 1 aromatic heterocycles. The summed E-state index contributed by atoms with van der Waals surface area (Å²) in [6.07, 6.45) is 1.72. The number of aromatic nitrogens is 1. The molecule has 1 amide bonds.